The van der Waals surface area contributed by atoms with Crippen molar-refractivity contribution in [1.82, 2.24) is 0 Å². The zero-order valence-corrected chi connectivity index (χ0v) is 22.2. The highest BCUT2D eigenvalue weighted by atomic mass is 16.5. The van der Waals surface area contributed by atoms with E-state index in [9.17, 15) is 9.90 Å². The minimum absolute atomic E-state index is 0.0325. The van der Waals surface area contributed by atoms with Crippen LogP contribution >= 0.6 is 0 Å². The smallest absolute Gasteiger partial charge is 0.306 e. The fourth-order valence-corrected chi connectivity index (χ4v) is 8.25. The number of aromatic hydroxyl groups is 1. The monoisotopic (exact) mass is 468 g/mol. The SMILES string of the molecule is CCCCCCCCCCC(=O)O[C@H]1CCC2C3C(c4ccc(O)cc4C[C@@H]3C)[C@@H](C)C[C@@]21C. The van der Waals surface area contributed by atoms with E-state index in [0.717, 1.165) is 32.1 Å². The first kappa shape index (κ1) is 25.6. The zero-order valence-electron chi connectivity index (χ0n) is 22.2. The van der Waals surface area contributed by atoms with Crippen LogP contribution in [0.1, 0.15) is 122 Å². The summed E-state index contributed by atoms with van der Waals surface area (Å²) in [6, 6.07) is 6.05. The molecule has 0 saturated heterocycles. The van der Waals surface area contributed by atoms with Crippen molar-refractivity contribution in [3.63, 3.8) is 0 Å². The lowest BCUT2D eigenvalue weighted by atomic mass is 9.50. The first-order chi connectivity index (χ1) is 16.3. The van der Waals surface area contributed by atoms with Crippen molar-refractivity contribution in [2.45, 2.75) is 123 Å². The molecule has 3 nitrogen and oxygen atoms in total. The van der Waals surface area contributed by atoms with E-state index in [1.165, 1.54) is 56.1 Å². The number of carbonyl (C=O) groups is 1. The average Bonchev–Trinajstić information content (AvgIpc) is 3.10. The molecular weight excluding hydrogens is 420 g/mol. The number of hydrogen-bond donors (Lipinski definition) is 1. The number of benzene rings is 1. The first-order valence-electron chi connectivity index (χ1n) is 14.4. The van der Waals surface area contributed by atoms with Gasteiger partial charge >= 0.3 is 5.97 Å². The van der Waals surface area contributed by atoms with Gasteiger partial charge in [0.25, 0.3) is 0 Å². The zero-order chi connectivity index (χ0) is 24.3. The molecule has 2 fully saturated rings. The minimum Gasteiger partial charge on any atom is -0.508 e. The third-order valence-electron chi connectivity index (χ3n) is 9.77. The summed E-state index contributed by atoms with van der Waals surface area (Å²) in [6.45, 7) is 9.49. The van der Waals surface area contributed by atoms with E-state index in [4.69, 9.17) is 4.74 Å². The van der Waals surface area contributed by atoms with E-state index in [0.29, 0.717) is 41.8 Å². The third-order valence-corrected chi connectivity index (χ3v) is 9.77. The number of esters is 1. The van der Waals surface area contributed by atoms with Crippen LogP contribution in [-0.4, -0.2) is 17.2 Å². The molecule has 0 bridgehead atoms. The number of fused-ring (bicyclic) bond motifs is 5. The molecule has 2 saturated carbocycles. The molecule has 1 N–H and O–H groups in total. The van der Waals surface area contributed by atoms with Crippen molar-refractivity contribution in [3.05, 3.63) is 29.3 Å². The van der Waals surface area contributed by atoms with Gasteiger partial charge in [0.15, 0.2) is 0 Å². The summed E-state index contributed by atoms with van der Waals surface area (Å²) < 4.78 is 6.22. The van der Waals surface area contributed by atoms with Gasteiger partial charge in [-0.25, -0.2) is 0 Å². The van der Waals surface area contributed by atoms with Gasteiger partial charge in [0.1, 0.15) is 11.9 Å². The Kier molecular flexibility index (Phi) is 8.31. The average molecular weight is 469 g/mol. The molecule has 1 aromatic rings. The molecule has 190 valence electrons. The molecule has 3 unspecified atom stereocenters. The van der Waals surface area contributed by atoms with Gasteiger partial charge in [-0.05, 0) is 85.0 Å². The molecule has 0 amide bonds. The van der Waals surface area contributed by atoms with Crippen LogP contribution in [0.2, 0.25) is 0 Å². The minimum atomic E-state index is 0.0325. The van der Waals surface area contributed by atoms with E-state index in [2.05, 4.69) is 33.8 Å². The van der Waals surface area contributed by atoms with Crippen molar-refractivity contribution < 1.29 is 14.6 Å². The van der Waals surface area contributed by atoms with Crippen molar-refractivity contribution in [2.75, 3.05) is 0 Å². The molecule has 0 aromatic heterocycles. The maximum Gasteiger partial charge on any atom is 0.306 e. The normalized spacial score (nSPS) is 34.2. The molecule has 3 heteroatoms. The lowest BCUT2D eigenvalue weighted by Crippen LogP contribution is -2.50. The summed E-state index contributed by atoms with van der Waals surface area (Å²) in [6.07, 6.45) is 15.1. The van der Waals surface area contributed by atoms with Gasteiger partial charge in [-0.1, -0.05) is 78.7 Å². The molecule has 0 radical (unpaired) electrons. The molecule has 1 aromatic carbocycles. The quantitative estimate of drug-likeness (QED) is 0.278. The maximum atomic E-state index is 12.8. The van der Waals surface area contributed by atoms with Crippen LogP contribution in [0, 0.1) is 29.1 Å². The Morgan fingerprint density at radius 2 is 1.74 bits per heavy atom. The van der Waals surface area contributed by atoms with E-state index in [1.807, 2.05) is 12.1 Å². The summed E-state index contributed by atoms with van der Waals surface area (Å²) in [5.41, 5.74) is 2.90. The molecule has 3 aliphatic carbocycles. The second-order valence-electron chi connectivity index (χ2n) is 12.2. The van der Waals surface area contributed by atoms with Crippen LogP contribution in [0.3, 0.4) is 0 Å². The number of phenols is 1. The second kappa shape index (κ2) is 11.0. The van der Waals surface area contributed by atoms with E-state index < -0.39 is 0 Å². The van der Waals surface area contributed by atoms with E-state index in [-0.39, 0.29) is 17.5 Å². The highest BCUT2D eigenvalue weighted by molar-refractivity contribution is 5.69. The Bertz CT molecular complexity index is 832. The number of hydrogen-bond acceptors (Lipinski definition) is 3. The Balaban J connectivity index is 1.34. The number of unbranched alkanes of at least 4 members (excludes halogenated alkanes) is 7. The summed E-state index contributed by atoms with van der Waals surface area (Å²) >= 11 is 0. The largest absolute Gasteiger partial charge is 0.508 e. The van der Waals surface area contributed by atoms with Crippen molar-refractivity contribution >= 4 is 5.97 Å². The molecule has 7 atom stereocenters. The molecule has 3 aliphatic rings. The number of ether oxygens (including phenoxy) is 1. The van der Waals surface area contributed by atoms with E-state index >= 15 is 0 Å². The predicted molar refractivity (Wildman–Crippen MR) is 139 cm³/mol. The highest BCUT2D eigenvalue weighted by Gasteiger charge is 2.59. The van der Waals surface area contributed by atoms with Gasteiger partial charge in [-0.15, -0.1) is 0 Å². The van der Waals surface area contributed by atoms with Crippen molar-refractivity contribution in [3.8, 4) is 5.75 Å². The van der Waals surface area contributed by atoms with Crippen LogP contribution in [0.5, 0.6) is 5.75 Å². The van der Waals surface area contributed by atoms with Crippen molar-refractivity contribution in [2.24, 2.45) is 29.1 Å². The number of carbonyl (C=O) groups excluding carboxylic acids is 1. The van der Waals surface area contributed by atoms with Gasteiger partial charge in [0.05, 0.1) is 0 Å². The molecular formula is C31H48O3. The Morgan fingerprint density at radius 1 is 1.03 bits per heavy atom. The summed E-state index contributed by atoms with van der Waals surface area (Å²) in [5, 5.41) is 10.0. The van der Waals surface area contributed by atoms with Crippen LogP contribution in [-0.2, 0) is 16.0 Å². The fraction of sp³-hybridized carbons (Fsp3) is 0.774. The maximum absolute atomic E-state index is 12.8. The summed E-state index contributed by atoms with van der Waals surface area (Å²) in [4.78, 5) is 12.8. The fourth-order valence-electron chi connectivity index (χ4n) is 8.25. The standard InChI is InChI=1S/C31H48O3/c1-5-6-7-8-9-10-11-12-13-28(33)34-27-17-16-26-30-21(2)18-23-19-24(32)14-15-25(23)29(30)22(3)20-31(26,27)4/h14-15,19,21-22,26-27,29-30,32H,5-13,16-18,20H2,1-4H3/t21-,22-,26?,27-,29?,30?,31-/m0/s1. The summed E-state index contributed by atoms with van der Waals surface area (Å²) in [7, 11) is 0. The van der Waals surface area contributed by atoms with E-state index in [1.54, 1.807) is 0 Å². The predicted octanol–water partition coefficient (Wildman–Crippen LogP) is 8.18. The lowest BCUT2D eigenvalue weighted by Gasteiger charge is -2.55. The number of rotatable bonds is 10. The van der Waals surface area contributed by atoms with Gasteiger partial charge in [0.2, 0.25) is 0 Å². The molecule has 0 aliphatic heterocycles. The highest BCUT2D eigenvalue weighted by Crippen LogP contribution is 2.64. The Hall–Kier alpha value is -1.51. The topological polar surface area (TPSA) is 46.5 Å². The number of phenolic OH excluding ortho intramolecular Hbond substituents is 1. The van der Waals surface area contributed by atoms with Crippen LogP contribution in [0.15, 0.2) is 18.2 Å². The lowest BCUT2D eigenvalue weighted by molar-refractivity contribution is -0.159. The van der Waals surface area contributed by atoms with Crippen molar-refractivity contribution in [1.29, 1.82) is 0 Å². The molecule has 0 spiro atoms. The van der Waals surface area contributed by atoms with Gasteiger partial charge < -0.3 is 9.84 Å². The van der Waals surface area contributed by atoms with Crippen LogP contribution in [0.4, 0.5) is 0 Å². The third kappa shape index (κ3) is 5.19. The summed E-state index contributed by atoms with van der Waals surface area (Å²) in [5.74, 6) is 3.40. The van der Waals surface area contributed by atoms with Gasteiger partial charge in [-0.2, -0.15) is 0 Å². The second-order valence-corrected chi connectivity index (χ2v) is 12.2. The molecule has 0 heterocycles. The van der Waals surface area contributed by atoms with Gasteiger partial charge in [-0.3, -0.25) is 4.79 Å². The van der Waals surface area contributed by atoms with Crippen LogP contribution in [0.25, 0.3) is 0 Å². The van der Waals surface area contributed by atoms with Crippen LogP contribution < -0.4 is 0 Å². The molecule has 34 heavy (non-hydrogen) atoms. The first-order valence-corrected chi connectivity index (χ1v) is 14.4. The Morgan fingerprint density at radius 3 is 2.47 bits per heavy atom. The van der Waals surface area contributed by atoms with Gasteiger partial charge in [0, 0.05) is 11.8 Å². The molecule has 4 rings (SSSR count). The Labute approximate surface area is 208 Å².